The number of rotatable bonds is 6. The van der Waals surface area contributed by atoms with Gasteiger partial charge in [0.1, 0.15) is 0 Å². The molecule has 0 amide bonds. The van der Waals surface area contributed by atoms with E-state index in [1.807, 2.05) is 0 Å². The average molecular weight is 414 g/mol. The molecule has 162 valence electrons. The van der Waals surface area contributed by atoms with Crippen molar-refractivity contribution in [2.75, 3.05) is 13.2 Å². The Hall–Kier alpha value is -2.86. The molecule has 1 fully saturated rings. The summed E-state index contributed by atoms with van der Waals surface area (Å²) in [7, 11) is 0. The van der Waals surface area contributed by atoms with Crippen LogP contribution in [0.1, 0.15) is 40.0 Å². The summed E-state index contributed by atoms with van der Waals surface area (Å²) in [6, 6.07) is 1.47. The van der Waals surface area contributed by atoms with E-state index in [-0.39, 0.29) is 6.61 Å². The third-order valence-corrected chi connectivity index (χ3v) is 5.03. The molecule has 3 N–H and O–H groups in total. The predicted molar refractivity (Wildman–Crippen MR) is 104 cm³/mol. The molecule has 1 saturated carbocycles. The van der Waals surface area contributed by atoms with E-state index < -0.39 is 37.6 Å². The highest BCUT2D eigenvalue weighted by Gasteiger charge is 2.36. The van der Waals surface area contributed by atoms with Gasteiger partial charge in [-0.05, 0) is 24.2 Å². The van der Waals surface area contributed by atoms with Gasteiger partial charge in [-0.15, -0.1) is 0 Å². The minimum absolute atomic E-state index is 0.249. The Bertz CT molecular complexity index is 733. The van der Waals surface area contributed by atoms with Crippen LogP contribution in [0, 0.1) is 41.7 Å². The summed E-state index contributed by atoms with van der Waals surface area (Å²) in [4.78, 5) is 27.8. The molecule has 1 aromatic rings. The summed E-state index contributed by atoms with van der Waals surface area (Å²) in [6.45, 7) is 7.96. The highest BCUT2D eigenvalue weighted by atomic mass is 16.6. The second kappa shape index (κ2) is 10.1. The van der Waals surface area contributed by atoms with Gasteiger partial charge in [0, 0.05) is 12.6 Å². The number of hydrogen-bond acceptors (Lipinski definition) is 9. The molecule has 12 nitrogen and oxygen atoms in total. The number of aromatic hydroxyl groups is 1. The van der Waals surface area contributed by atoms with Gasteiger partial charge < -0.3 is 15.5 Å². The van der Waals surface area contributed by atoms with Crippen LogP contribution in [0.2, 0.25) is 0 Å². The van der Waals surface area contributed by atoms with Crippen molar-refractivity contribution in [3.05, 3.63) is 42.5 Å². The van der Waals surface area contributed by atoms with Crippen LogP contribution in [0.5, 0.6) is 5.75 Å². The molecule has 1 aromatic carbocycles. The van der Waals surface area contributed by atoms with Crippen LogP contribution in [0.25, 0.3) is 0 Å². The van der Waals surface area contributed by atoms with Crippen LogP contribution in [-0.4, -0.2) is 44.2 Å². The highest BCUT2D eigenvalue weighted by Crippen LogP contribution is 2.39. The lowest BCUT2D eigenvalue weighted by molar-refractivity contribution is -0.404. The van der Waals surface area contributed by atoms with Gasteiger partial charge in [0.15, 0.2) is 0 Å². The minimum Gasteiger partial charge on any atom is -0.497 e. The van der Waals surface area contributed by atoms with Gasteiger partial charge in [-0.1, -0.05) is 27.2 Å². The first-order valence-corrected chi connectivity index (χ1v) is 9.06. The summed E-state index contributed by atoms with van der Waals surface area (Å²) in [6.07, 6.45) is 3.98. The second-order valence-corrected chi connectivity index (χ2v) is 7.62. The molecule has 0 bridgehead atoms. The molecule has 1 aliphatic carbocycles. The van der Waals surface area contributed by atoms with Gasteiger partial charge in [-0.25, -0.2) is 0 Å². The molecule has 0 saturated heterocycles. The van der Waals surface area contributed by atoms with E-state index in [0.717, 1.165) is 12.5 Å². The number of benzene rings is 1. The van der Waals surface area contributed by atoms with Gasteiger partial charge >= 0.3 is 11.4 Å². The van der Waals surface area contributed by atoms with E-state index in [4.69, 9.17) is 10.2 Å². The standard InChI is InChI=1S/C11H23NO.C6H3N3O7/c1-9-5-4-6-11(2,3)10(9)12-7-8-13;10-6-4(8(13)14)1-3(7(11)12)2-5(6)9(15)16/h9-10,12-13H,4-8H2,1-3H3;1-2,10H. The van der Waals surface area contributed by atoms with Crippen molar-refractivity contribution in [3.63, 3.8) is 0 Å². The number of hydrogen-bond donors (Lipinski definition) is 3. The third-order valence-electron chi connectivity index (χ3n) is 5.03. The van der Waals surface area contributed by atoms with Crippen molar-refractivity contribution < 1.29 is 25.0 Å². The van der Waals surface area contributed by atoms with Crippen molar-refractivity contribution in [3.8, 4) is 5.75 Å². The first-order chi connectivity index (χ1) is 13.4. The van der Waals surface area contributed by atoms with Gasteiger partial charge in [-0.2, -0.15) is 0 Å². The van der Waals surface area contributed by atoms with Crippen molar-refractivity contribution in [2.45, 2.75) is 46.1 Å². The Labute approximate surface area is 167 Å². The molecule has 2 unspecified atom stereocenters. The van der Waals surface area contributed by atoms with E-state index in [1.54, 1.807) is 0 Å². The number of nitro benzene ring substituents is 3. The summed E-state index contributed by atoms with van der Waals surface area (Å²) in [5, 5.41) is 52.5. The lowest BCUT2D eigenvalue weighted by atomic mass is 9.68. The van der Waals surface area contributed by atoms with Crippen molar-refractivity contribution in [1.82, 2.24) is 5.32 Å². The van der Waals surface area contributed by atoms with Gasteiger partial charge in [-0.3, -0.25) is 30.3 Å². The van der Waals surface area contributed by atoms with Crippen LogP contribution in [0.3, 0.4) is 0 Å². The number of aliphatic hydroxyl groups is 1. The van der Waals surface area contributed by atoms with Gasteiger partial charge in [0.25, 0.3) is 11.4 Å². The van der Waals surface area contributed by atoms with Crippen molar-refractivity contribution in [2.24, 2.45) is 11.3 Å². The molecule has 0 heterocycles. The Morgan fingerprint density at radius 2 is 1.62 bits per heavy atom. The maximum absolute atomic E-state index is 10.4. The van der Waals surface area contributed by atoms with E-state index in [2.05, 4.69) is 26.1 Å². The number of nitrogens with zero attached hydrogens (tertiary/aromatic N) is 3. The summed E-state index contributed by atoms with van der Waals surface area (Å²) >= 11 is 0. The normalized spacial score (nSPS) is 20.3. The number of non-ortho nitro benzene ring substituents is 1. The lowest BCUT2D eigenvalue weighted by Crippen LogP contribution is -2.49. The maximum Gasteiger partial charge on any atom is 0.324 e. The molecule has 2 rings (SSSR count). The first kappa shape index (κ1) is 24.2. The lowest BCUT2D eigenvalue weighted by Gasteiger charge is -2.43. The zero-order chi connectivity index (χ0) is 22.4. The molecule has 2 atom stereocenters. The fraction of sp³-hybridized carbons (Fsp3) is 0.647. The van der Waals surface area contributed by atoms with Gasteiger partial charge in [0.05, 0.1) is 33.5 Å². The van der Waals surface area contributed by atoms with Crippen LogP contribution in [0.15, 0.2) is 12.1 Å². The SMILES string of the molecule is CC1CCCC(C)(C)C1NCCO.O=[N+]([O-])c1cc([N+](=O)[O-])c(O)c([N+](=O)[O-])c1. The van der Waals surface area contributed by atoms with Crippen LogP contribution < -0.4 is 5.32 Å². The Balaban J connectivity index is 0.000000296. The number of nitrogens with one attached hydrogen (secondary N) is 1. The van der Waals surface area contributed by atoms with Crippen molar-refractivity contribution in [1.29, 1.82) is 0 Å². The second-order valence-electron chi connectivity index (χ2n) is 7.62. The maximum atomic E-state index is 10.4. The average Bonchev–Trinajstić information content (AvgIpc) is 2.60. The first-order valence-electron chi connectivity index (χ1n) is 9.06. The molecular formula is C17H26N4O8. The monoisotopic (exact) mass is 414 g/mol. The van der Waals surface area contributed by atoms with E-state index in [1.165, 1.54) is 19.3 Å². The predicted octanol–water partition coefficient (Wildman–Crippen LogP) is 2.90. The molecule has 0 aliphatic heterocycles. The minimum atomic E-state index is -1.21. The molecule has 1 aliphatic rings. The molecule has 29 heavy (non-hydrogen) atoms. The highest BCUT2D eigenvalue weighted by molar-refractivity contribution is 5.64. The fourth-order valence-corrected chi connectivity index (χ4v) is 3.64. The van der Waals surface area contributed by atoms with Crippen molar-refractivity contribution >= 4 is 17.1 Å². The number of nitro groups is 3. The van der Waals surface area contributed by atoms with Crippen LogP contribution >= 0.6 is 0 Å². The molecular weight excluding hydrogens is 388 g/mol. The van der Waals surface area contributed by atoms with E-state index >= 15 is 0 Å². The molecule has 12 heteroatoms. The summed E-state index contributed by atoms with van der Waals surface area (Å²) in [5.41, 5.74) is -2.61. The molecule has 0 radical (unpaired) electrons. The number of aliphatic hydroxyl groups excluding tert-OH is 1. The zero-order valence-corrected chi connectivity index (χ0v) is 16.5. The quantitative estimate of drug-likeness (QED) is 0.465. The molecule has 0 aromatic heterocycles. The largest absolute Gasteiger partial charge is 0.497 e. The zero-order valence-electron chi connectivity index (χ0n) is 16.5. The number of phenolic OH excluding ortho intramolecular Hbond substituents is 1. The van der Waals surface area contributed by atoms with Gasteiger partial charge in [0.2, 0.25) is 0 Å². The van der Waals surface area contributed by atoms with Crippen LogP contribution in [-0.2, 0) is 0 Å². The smallest absolute Gasteiger partial charge is 0.324 e. The summed E-state index contributed by atoms with van der Waals surface area (Å²) < 4.78 is 0. The number of phenols is 1. The fourth-order valence-electron chi connectivity index (χ4n) is 3.64. The Kier molecular flexibility index (Phi) is 8.40. The summed E-state index contributed by atoms with van der Waals surface area (Å²) in [5.74, 6) is -0.462. The Morgan fingerprint density at radius 3 is 2.00 bits per heavy atom. The Morgan fingerprint density at radius 1 is 1.10 bits per heavy atom. The topological polar surface area (TPSA) is 182 Å². The van der Waals surface area contributed by atoms with E-state index in [9.17, 15) is 30.3 Å². The van der Waals surface area contributed by atoms with Crippen LogP contribution in [0.4, 0.5) is 17.1 Å². The molecule has 0 spiro atoms. The third kappa shape index (κ3) is 6.32. The van der Waals surface area contributed by atoms with E-state index in [0.29, 0.717) is 23.6 Å².